The quantitative estimate of drug-likeness (QED) is 0.435. The molecule has 3 aromatic rings. The number of rotatable bonds is 8. The summed E-state index contributed by atoms with van der Waals surface area (Å²) in [6.45, 7) is 2.42. The van der Waals surface area contributed by atoms with E-state index in [4.69, 9.17) is 14.3 Å². The van der Waals surface area contributed by atoms with Crippen LogP contribution in [0.3, 0.4) is 0 Å². The zero-order valence-corrected chi connectivity index (χ0v) is 21.2. The predicted molar refractivity (Wildman–Crippen MR) is 136 cm³/mol. The number of aromatic nitrogens is 2. The lowest BCUT2D eigenvalue weighted by atomic mass is 9.77. The van der Waals surface area contributed by atoms with Crippen molar-refractivity contribution in [3.05, 3.63) is 78.1 Å². The molecule has 2 saturated heterocycles. The maximum Gasteiger partial charge on any atom is 0.311 e. The Morgan fingerprint density at radius 1 is 1.03 bits per heavy atom. The molecule has 1 spiro atoms. The number of ether oxygens (including phenoxy) is 2. The lowest BCUT2D eigenvalue weighted by Crippen LogP contribution is -2.57. The van der Waals surface area contributed by atoms with Crippen LogP contribution in [0.4, 0.5) is 0 Å². The second kappa shape index (κ2) is 10.7. The highest BCUT2D eigenvalue weighted by molar-refractivity contribution is 5.88. The molecule has 9 nitrogen and oxygen atoms in total. The molecule has 2 aliphatic heterocycles. The second-order valence-electron chi connectivity index (χ2n) is 9.57. The summed E-state index contributed by atoms with van der Waals surface area (Å²) in [4.78, 5) is 34.1. The van der Waals surface area contributed by atoms with Gasteiger partial charge in [0.05, 0.1) is 31.9 Å². The van der Waals surface area contributed by atoms with Gasteiger partial charge < -0.3 is 9.47 Å². The summed E-state index contributed by atoms with van der Waals surface area (Å²) in [5, 5.41) is 6.01. The normalized spacial score (nSPS) is 19.4. The number of esters is 1. The number of piperidine rings is 1. The number of carbonyl (C=O) groups excluding carboxylic acids is 2. The molecular formula is C28H32N4O5. The molecule has 0 saturated carbocycles. The first kappa shape index (κ1) is 25.0. The lowest BCUT2D eigenvalue weighted by Gasteiger charge is -2.45. The maximum absolute atomic E-state index is 13.0. The smallest absolute Gasteiger partial charge is 0.311 e. The van der Waals surface area contributed by atoms with Crippen molar-refractivity contribution in [2.45, 2.75) is 38.0 Å². The van der Waals surface area contributed by atoms with E-state index in [1.807, 2.05) is 71.7 Å². The van der Waals surface area contributed by atoms with Crippen LogP contribution in [-0.4, -0.2) is 64.5 Å². The highest BCUT2D eigenvalue weighted by atomic mass is 16.7. The fourth-order valence-corrected chi connectivity index (χ4v) is 5.50. The molecule has 3 heterocycles. The van der Waals surface area contributed by atoms with Crippen molar-refractivity contribution < 1.29 is 23.9 Å². The molecule has 2 fully saturated rings. The van der Waals surface area contributed by atoms with Gasteiger partial charge in [-0.05, 0) is 30.5 Å². The van der Waals surface area contributed by atoms with Crippen LogP contribution < -0.4 is 4.74 Å². The van der Waals surface area contributed by atoms with Gasteiger partial charge >= 0.3 is 5.97 Å². The fourth-order valence-electron chi connectivity index (χ4n) is 5.50. The van der Waals surface area contributed by atoms with E-state index in [2.05, 4.69) is 10.00 Å². The summed E-state index contributed by atoms with van der Waals surface area (Å²) in [6.07, 6.45) is 5.21. The van der Waals surface area contributed by atoms with Gasteiger partial charge in [-0.1, -0.05) is 42.5 Å². The Kier molecular flexibility index (Phi) is 7.25. The number of amides is 1. The number of hydrogen-bond donors (Lipinski definition) is 0. The van der Waals surface area contributed by atoms with Gasteiger partial charge in [0.15, 0.2) is 0 Å². The Morgan fingerprint density at radius 2 is 1.76 bits per heavy atom. The van der Waals surface area contributed by atoms with Crippen LogP contribution in [0.2, 0.25) is 0 Å². The molecular weight excluding hydrogens is 472 g/mol. The maximum atomic E-state index is 13.0. The van der Waals surface area contributed by atoms with Crippen LogP contribution in [0.5, 0.6) is 5.75 Å². The summed E-state index contributed by atoms with van der Waals surface area (Å²) >= 11 is 0. The third kappa shape index (κ3) is 4.97. The molecule has 0 aliphatic carbocycles. The Hall–Kier alpha value is -3.69. The number of para-hydroxylation sites is 2. The van der Waals surface area contributed by atoms with Gasteiger partial charge in [-0.3, -0.25) is 19.3 Å². The summed E-state index contributed by atoms with van der Waals surface area (Å²) in [7, 11) is 3.03. The number of nitrogens with zero attached hydrogens (tertiary/aromatic N) is 4. The molecule has 2 aliphatic rings. The number of methoxy groups -OCH3 is 2. The average Bonchev–Trinajstić information content (AvgIpc) is 3.51. The van der Waals surface area contributed by atoms with E-state index in [1.54, 1.807) is 7.11 Å². The van der Waals surface area contributed by atoms with Crippen molar-refractivity contribution in [1.82, 2.24) is 19.7 Å². The summed E-state index contributed by atoms with van der Waals surface area (Å²) in [5.74, 6) is -0.313. The number of likely N-dealkylation sites (tertiary alicyclic amines) is 1. The van der Waals surface area contributed by atoms with E-state index in [1.165, 1.54) is 12.2 Å². The SMILES string of the molecule is COC(=O)C1CC(=O)N(OCc2ccccc2)C12CCN(Cc1cnn(-c3ccccc3OC)c1)CC2. The molecule has 0 radical (unpaired) electrons. The second-order valence-corrected chi connectivity index (χ2v) is 9.57. The summed E-state index contributed by atoms with van der Waals surface area (Å²) in [5.41, 5.74) is 2.21. The molecule has 2 aromatic carbocycles. The van der Waals surface area contributed by atoms with Gasteiger partial charge in [0, 0.05) is 37.8 Å². The number of carbonyl (C=O) groups is 2. The third-order valence-corrected chi connectivity index (χ3v) is 7.44. The van der Waals surface area contributed by atoms with Gasteiger partial charge in [-0.25, -0.2) is 9.75 Å². The zero-order chi connectivity index (χ0) is 25.8. The molecule has 1 atom stereocenters. The van der Waals surface area contributed by atoms with Crippen molar-refractivity contribution in [2.24, 2.45) is 5.92 Å². The van der Waals surface area contributed by atoms with E-state index < -0.39 is 11.5 Å². The minimum atomic E-state index is -0.711. The Balaban J connectivity index is 1.28. The van der Waals surface area contributed by atoms with Crippen LogP contribution in [0.25, 0.3) is 5.69 Å². The first-order valence-corrected chi connectivity index (χ1v) is 12.5. The third-order valence-electron chi connectivity index (χ3n) is 7.44. The van der Waals surface area contributed by atoms with Crippen molar-refractivity contribution in [3.63, 3.8) is 0 Å². The molecule has 0 bridgehead atoms. The number of hydroxylamine groups is 2. The Morgan fingerprint density at radius 3 is 2.49 bits per heavy atom. The highest BCUT2D eigenvalue weighted by Crippen LogP contribution is 2.45. The predicted octanol–water partition coefficient (Wildman–Crippen LogP) is 3.37. The van der Waals surface area contributed by atoms with Gasteiger partial charge in [-0.15, -0.1) is 0 Å². The largest absolute Gasteiger partial charge is 0.494 e. The van der Waals surface area contributed by atoms with E-state index in [0.717, 1.165) is 22.6 Å². The molecule has 0 N–H and O–H groups in total. The number of hydrogen-bond acceptors (Lipinski definition) is 7. The van der Waals surface area contributed by atoms with Crippen LogP contribution in [-0.2, 0) is 32.3 Å². The summed E-state index contributed by atoms with van der Waals surface area (Å²) in [6, 6.07) is 17.5. The van der Waals surface area contributed by atoms with Crippen molar-refractivity contribution >= 4 is 11.9 Å². The van der Waals surface area contributed by atoms with Crippen LogP contribution >= 0.6 is 0 Å². The summed E-state index contributed by atoms with van der Waals surface area (Å²) < 4.78 is 12.4. The van der Waals surface area contributed by atoms with Crippen molar-refractivity contribution in [3.8, 4) is 11.4 Å². The molecule has 1 amide bonds. The van der Waals surface area contributed by atoms with E-state index in [0.29, 0.717) is 32.5 Å². The first-order chi connectivity index (χ1) is 18.0. The van der Waals surface area contributed by atoms with Gasteiger partial charge in [-0.2, -0.15) is 5.10 Å². The topological polar surface area (TPSA) is 86.1 Å². The molecule has 1 aromatic heterocycles. The van der Waals surface area contributed by atoms with Crippen molar-refractivity contribution in [2.75, 3.05) is 27.3 Å². The number of benzene rings is 2. The highest BCUT2D eigenvalue weighted by Gasteiger charge is 2.58. The standard InChI is InChI=1S/C28H32N4O5/c1-35-25-11-7-6-10-24(25)31-19-22(17-29-31)18-30-14-12-28(13-15-30)23(27(34)36-2)16-26(33)32(28)37-20-21-8-4-3-5-9-21/h3-11,17,19,23H,12-16,18,20H2,1-2H3. The van der Waals surface area contributed by atoms with Gasteiger partial charge in [0.1, 0.15) is 18.0 Å². The van der Waals surface area contributed by atoms with Gasteiger partial charge in [0.25, 0.3) is 0 Å². The van der Waals surface area contributed by atoms with Crippen LogP contribution in [0.15, 0.2) is 67.0 Å². The monoisotopic (exact) mass is 504 g/mol. The minimum absolute atomic E-state index is 0.104. The molecule has 1 unspecified atom stereocenters. The average molecular weight is 505 g/mol. The lowest BCUT2D eigenvalue weighted by molar-refractivity contribution is -0.229. The molecule has 9 heteroatoms. The Labute approximate surface area is 216 Å². The zero-order valence-electron chi connectivity index (χ0n) is 21.2. The Bertz CT molecular complexity index is 1240. The van der Waals surface area contributed by atoms with E-state index in [9.17, 15) is 9.59 Å². The van der Waals surface area contributed by atoms with Crippen molar-refractivity contribution in [1.29, 1.82) is 0 Å². The molecule has 37 heavy (non-hydrogen) atoms. The minimum Gasteiger partial charge on any atom is -0.494 e. The van der Waals surface area contributed by atoms with Gasteiger partial charge in [0.2, 0.25) is 5.91 Å². The first-order valence-electron chi connectivity index (χ1n) is 12.5. The fraction of sp³-hybridized carbons (Fsp3) is 0.393. The molecule has 5 rings (SSSR count). The van der Waals surface area contributed by atoms with E-state index in [-0.39, 0.29) is 24.9 Å². The molecule has 194 valence electrons. The van der Waals surface area contributed by atoms with Crippen LogP contribution in [0.1, 0.15) is 30.4 Å². The van der Waals surface area contributed by atoms with E-state index >= 15 is 0 Å². The van der Waals surface area contributed by atoms with Crippen LogP contribution in [0, 0.1) is 5.92 Å².